The molecule has 0 radical (unpaired) electrons. The summed E-state index contributed by atoms with van der Waals surface area (Å²) in [4.78, 5) is 16.3. The van der Waals surface area contributed by atoms with Crippen LogP contribution in [0.2, 0.25) is 0 Å². The van der Waals surface area contributed by atoms with Crippen LogP contribution in [0.1, 0.15) is 11.1 Å². The summed E-state index contributed by atoms with van der Waals surface area (Å²) in [5.41, 5.74) is 0.662. The smallest absolute Gasteiger partial charge is 0.322 e. The SMILES string of the molecule is O=C(Nc1cccc(C(F)(F)F)c1)N1CCN(CCc2ccccc2)CC1. The summed E-state index contributed by atoms with van der Waals surface area (Å²) in [6.07, 6.45) is -3.47. The van der Waals surface area contributed by atoms with Gasteiger partial charge < -0.3 is 10.2 Å². The fourth-order valence-corrected chi connectivity index (χ4v) is 3.08. The highest BCUT2D eigenvalue weighted by Crippen LogP contribution is 2.30. The number of hydrogen-bond acceptors (Lipinski definition) is 2. The number of urea groups is 1. The van der Waals surface area contributed by atoms with E-state index in [1.54, 1.807) is 4.90 Å². The van der Waals surface area contributed by atoms with E-state index in [9.17, 15) is 18.0 Å². The Hall–Kier alpha value is -2.54. The molecular formula is C20H22F3N3O. The predicted octanol–water partition coefficient (Wildman–Crippen LogP) is 4.10. The van der Waals surface area contributed by atoms with Crippen molar-refractivity contribution < 1.29 is 18.0 Å². The lowest BCUT2D eigenvalue weighted by Gasteiger charge is -2.34. The van der Waals surface area contributed by atoms with Crippen LogP contribution in [-0.2, 0) is 12.6 Å². The minimum atomic E-state index is -4.43. The van der Waals surface area contributed by atoms with E-state index >= 15 is 0 Å². The van der Waals surface area contributed by atoms with Crippen molar-refractivity contribution in [1.29, 1.82) is 0 Å². The van der Waals surface area contributed by atoms with Gasteiger partial charge in [-0.05, 0) is 30.2 Å². The molecule has 0 saturated carbocycles. The number of anilines is 1. The topological polar surface area (TPSA) is 35.6 Å². The maximum atomic E-state index is 12.8. The summed E-state index contributed by atoms with van der Waals surface area (Å²) in [5.74, 6) is 0. The molecule has 0 unspecified atom stereocenters. The van der Waals surface area contributed by atoms with Crippen LogP contribution in [0.5, 0.6) is 0 Å². The third-order valence-electron chi connectivity index (χ3n) is 4.66. The van der Waals surface area contributed by atoms with Crippen molar-refractivity contribution in [2.45, 2.75) is 12.6 Å². The summed E-state index contributed by atoms with van der Waals surface area (Å²) in [6, 6.07) is 14.6. The first-order valence-corrected chi connectivity index (χ1v) is 8.91. The Bertz CT molecular complexity index is 757. The van der Waals surface area contributed by atoms with Gasteiger partial charge in [0.1, 0.15) is 0 Å². The Labute approximate surface area is 156 Å². The fraction of sp³-hybridized carbons (Fsp3) is 0.350. The van der Waals surface area contributed by atoms with Crippen LogP contribution < -0.4 is 5.32 Å². The number of nitrogens with one attached hydrogen (secondary N) is 1. The normalized spacial score (nSPS) is 15.6. The zero-order valence-corrected chi connectivity index (χ0v) is 14.9. The Morgan fingerprint density at radius 3 is 2.33 bits per heavy atom. The van der Waals surface area contributed by atoms with Gasteiger partial charge >= 0.3 is 12.2 Å². The van der Waals surface area contributed by atoms with Gasteiger partial charge in [0.05, 0.1) is 5.56 Å². The Morgan fingerprint density at radius 2 is 1.67 bits per heavy atom. The van der Waals surface area contributed by atoms with E-state index in [0.717, 1.165) is 38.2 Å². The third kappa shape index (κ3) is 5.47. The van der Waals surface area contributed by atoms with Crippen LogP contribution >= 0.6 is 0 Å². The number of carbonyl (C=O) groups is 1. The van der Waals surface area contributed by atoms with Gasteiger partial charge in [-0.2, -0.15) is 13.2 Å². The number of rotatable bonds is 4. The number of benzene rings is 2. The summed E-state index contributed by atoms with van der Waals surface area (Å²) >= 11 is 0. The van der Waals surface area contributed by atoms with Crippen molar-refractivity contribution in [2.75, 3.05) is 38.0 Å². The molecule has 0 aromatic heterocycles. The minimum absolute atomic E-state index is 0.154. The molecule has 144 valence electrons. The van der Waals surface area contributed by atoms with Gasteiger partial charge in [-0.1, -0.05) is 36.4 Å². The number of alkyl halides is 3. The average Bonchev–Trinajstić information content (AvgIpc) is 2.67. The summed E-state index contributed by atoms with van der Waals surface area (Å²) in [7, 11) is 0. The van der Waals surface area contributed by atoms with E-state index in [1.165, 1.54) is 17.7 Å². The van der Waals surface area contributed by atoms with E-state index in [0.29, 0.717) is 13.1 Å². The lowest BCUT2D eigenvalue weighted by atomic mass is 10.1. The molecule has 3 rings (SSSR count). The van der Waals surface area contributed by atoms with Gasteiger partial charge in [-0.25, -0.2) is 4.79 Å². The van der Waals surface area contributed by atoms with Gasteiger partial charge in [-0.3, -0.25) is 4.90 Å². The highest BCUT2D eigenvalue weighted by atomic mass is 19.4. The molecule has 1 heterocycles. The molecule has 2 aromatic carbocycles. The first-order chi connectivity index (χ1) is 12.9. The highest BCUT2D eigenvalue weighted by Gasteiger charge is 2.30. The molecule has 0 spiro atoms. The maximum Gasteiger partial charge on any atom is 0.416 e. The number of carbonyl (C=O) groups excluding carboxylic acids is 1. The number of hydrogen-bond donors (Lipinski definition) is 1. The second-order valence-electron chi connectivity index (χ2n) is 6.57. The minimum Gasteiger partial charge on any atom is -0.322 e. The zero-order valence-electron chi connectivity index (χ0n) is 14.9. The van der Waals surface area contributed by atoms with E-state index in [1.807, 2.05) is 18.2 Å². The van der Waals surface area contributed by atoms with Crippen molar-refractivity contribution in [2.24, 2.45) is 0 Å². The van der Waals surface area contributed by atoms with E-state index < -0.39 is 11.7 Å². The Morgan fingerprint density at radius 1 is 0.963 bits per heavy atom. The lowest BCUT2D eigenvalue weighted by Crippen LogP contribution is -2.50. The maximum absolute atomic E-state index is 12.8. The quantitative estimate of drug-likeness (QED) is 0.871. The van der Waals surface area contributed by atoms with Crippen LogP contribution in [0.15, 0.2) is 54.6 Å². The van der Waals surface area contributed by atoms with Gasteiger partial charge in [0.25, 0.3) is 0 Å². The lowest BCUT2D eigenvalue weighted by molar-refractivity contribution is -0.137. The zero-order chi connectivity index (χ0) is 19.3. The molecule has 1 aliphatic heterocycles. The summed E-state index contributed by atoms with van der Waals surface area (Å²) < 4.78 is 38.3. The number of nitrogens with zero attached hydrogens (tertiary/aromatic N) is 2. The van der Waals surface area contributed by atoms with Gasteiger partial charge in [0.15, 0.2) is 0 Å². The molecule has 0 bridgehead atoms. The highest BCUT2D eigenvalue weighted by molar-refractivity contribution is 5.89. The monoisotopic (exact) mass is 377 g/mol. The number of piperazine rings is 1. The van der Waals surface area contributed by atoms with E-state index in [4.69, 9.17) is 0 Å². The van der Waals surface area contributed by atoms with Gasteiger partial charge in [0.2, 0.25) is 0 Å². The van der Waals surface area contributed by atoms with Gasteiger partial charge in [-0.15, -0.1) is 0 Å². The van der Waals surface area contributed by atoms with E-state index in [-0.39, 0.29) is 11.7 Å². The Balaban J connectivity index is 1.47. The van der Waals surface area contributed by atoms with Crippen LogP contribution in [0.3, 0.4) is 0 Å². The Kier molecular flexibility index (Phi) is 6.01. The fourth-order valence-electron chi connectivity index (χ4n) is 3.08. The van der Waals surface area contributed by atoms with E-state index in [2.05, 4.69) is 22.3 Å². The molecule has 1 N–H and O–H groups in total. The second-order valence-corrected chi connectivity index (χ2v) is 6.57. The molecule has 0 atom stereocenters. The molecule has 1 aliphatic rings. The van der Waals surface area contributed by atoms with Crippen molar-refractivity contribution in [3.05, 3.63) is 65.7 Å². The number of amides is 2. The summed E-state index contributed by atoms with van der Waals surface area (Å²) in [5, 5.41) is 2.57. The average molecular weight is 377 g/mol. The van der Waals surface area contributed by atoms with Gasteiger partial charge in [0, 0.05) is 38.4 Å². The van der Waals surface area contributed by atoms with Crippen LogP contribution in [-0.4, -0.2) is 48.6 Å². The predicted molar refractivity (Wildman–Crippen MR) is 98.6 cm³/mol. The molecule has 1 fully saturated rings. The van der Waals surface area contributed by atoms with Crippen molar-refractivity contribution in [1.82, 2.24) is 9.80 Å². The first kappa shape index (κ1) is 19.2. The standard InChI is InChI=1S/C20H22F3N3O/c21-20(22,23)17-7-4-8-18(15-17)24-19(27)26-13-11-25(12-14-26)10-9-16-5-2-1-3-6-16/h1-8,15H,9-14H2,(H,24,27). The molecule has 2 aromatic rings. The van der Waals surface area contributed by atoms with Crippen LogP contribution in [0, 0.1) is 0 Å². The van der Waals surface area contributed by atoms with Crippen LogP contribution in [0.4, 0.5) is 23.7 Å². The molecule has 2 amide bonds. The molecule has 1 saturated heterocycles. The third-order valence-corrected chi connectivity index (χ3v) is 4.66. The van der Waals surface area contributed by atoms with Crippen molar-refractivity contribution in [3.8, 4) is 0 Å². The molecule has 4 nitrogen and oxygen atoms in total. The molecule has 27 heavy (non-hydrogen) atoms. The molecule has 0 aliphatic carbocycles. The van der Waals surface area contributed by atoms with Crippen LogP contribution in [0.25, 0.3) is 0 Å². The largest absolute Gasteiger partial charge is 0.416 e. The first-order valence-electron chi connectivity index (χ1n) is 8.91. The molecular weight excluding hydrogens is 355 g/mol. The number of halogens is 3. The summed E-state index contributed by atoms with van der Waals surface area (Å²) in [6.45, 7) is 3.54. The second kappa shape index (κ2) is 8.43. The van der Waals surface area contributed by atoms with Crippen molar-refractivity contribution >= 4 is 11.7 Å². The van der Waals surface area contributed by atoms with Crippen molar-refractivity contribution in [3.63, 3.8) is 0 Å². The molecule has 7 heteroatoms.